The normalized spacial score (nSPS) is 19.7. The molecule has 1 aromatic heterocycles. The fraction of sp³-hybridized carbons (Fsp3) is 0.833. The quantitative estimate of drug-likeness (QED) is 0.474. The topological polar surface area (TPSA) is 79.6 Å². The lowest BCUT2D eigenvalue weighted by molar-refractivity contribution is 0.179. The molecule has 8 heteroatoms. The van der Waals surface area contributed by atoms with Crippen LogP contribution < -0.4 is 10.6 Å². The molecule has 0 amide bonds. The first-order valence-electron chi connectivity index (χ1n) is 9.82. The van der Waals surface area contributed by atoms with Gasteiger partial charge < -0.3 is 19.9 Å². The molecule has 1 aliphatic heterocycles. The maximum atomic E-state index is 5.24. The van der Waals surface area contributed by atoms with Crippen LogP contribution in [0, 0.1) is 0 Å². The van der Waals surface area contributed by atoms with Crippen molar-refractivity contribution in [1.29, 1.82) is 0 Å². The number of likely N-dealkylation sites (N-methyl/N-ethyl adjacent to an activating group) is 1. The number of ether oxygens (including phenoxy) is 1. The van der Waals surface area contributed by atoms with Gasteiger partial charge in [0, 0.05) is 38.7 Å². The van der Waals surface area contributed by atoms with E-state index in [1.54, 1.807) is 13.4 Å². The first-order valence-corrected chi connectivity index (χ1v) is 9.82. The summed E-state index contributed by atoms with van der Waals surface area (Å²) in [4.78, 5) is 7.36. The van der Waals surface area contributed by atoms with Gasteiger partial charge in [-0.3, -0.25) is 9.89 Å². The van der Waals surface area contributed by atoms with Crippen molar-refractivity contribution < 1.29 is 4.74 Å². The summed E-state index contributed by atoms with van der Waals surface area (Å²) in [6.45, 7) is 11.8. The number of nitrogens with one attached hydrogen (secondary N) is 2. The Bertz CT molecular complexity index is 545. The molecule has 0 bridgehead atoms. The second-order valence-corrected chi connectivity index (χ2v) is 6.84. The zero-order chi connectivity index (χ0) is 18.8. The van der Waals surface area contributed by atoms with E-state index in [2.05, 4.69) is 51.1 Å². The Hall–Kier alpha value is -1.67. The Morgan fingerprint density at radius 1 is 1.46 bits per heavy atom. The van der Waals surface area contributed by atoms with Gasteiger partial charge in [0.2, 0.25) is 0 Å². The van der Waals surface area contributed by atoms with Gasteiger partial charge >= 0.3 is 0 Å². The Kier molecular flexibility index (Phi) is 8.84. The van der Waals surface area contributed by atoms with Crippen LogP contribution in [-0.2, 0) is 17.7 Å². The van der Waals surface area contributed by atoms with Crippen LogP contribution in [0.15, 0.2) is 11.3 Å². The lowest BCUT2D eigenvalue weighted by Gasteiger charge is -2.22. The highest BCUT2D eigenvalue weighted by Crippen LogP contribution is 2.16. The van der Waals surface area contributed by atoms with Crippen molar-refractivity contribution in [3.8, 4) is 0 Å². The largest absolute Gasteiger partial charge is 0.383 e. The molecule has 1 aromatic rings. The molecule has 2 N–H and O–H groups in total. The van der Waals surface area contributed by atoms with Crippen molar-refractivity contribution >= 4 is 5.96 Å². The first-order chi connectivity index (χ1) is 12.7. The molecule has 2 atom stereocenters. The smallest absolute Gasteiger partial charge is 0.191 e. The number of hydrogen-bond donors (Lipinski definition) is 2. The number of rotatable bonds is 10. The van der Waals surface area contributed by atoms with Gasteiger partial charge in [0.15, 0.2) is 5.96 Å². The average Bonchev–Trinajstić information content (AvgIpc) is 3.28. The summed E-state index contributed by atoms with van der Waals surface area (Å²) in [6.07, 6.45) is 5.19. The summed E-state index contributed by atoms with van der Waals surface area (Å²) in [7, 11) is 1.72. The van der Waals surface area contributed by atoms with Gasteiger partial charge in [0.05, 0.1) is 13.2 Å². The molecule has 8 nitrogen and oxygen atoms in total. The molecule has 26 heavy (non-hydrogen) atoms. The maximum Gasteiger partial charge on any atom is 0.191 e. The Labute approximate surface area is 157 Å². The zero-order valence-corrected chi connectivity index (χ0v) is 16.7. The minimum Gasteiger partial charge on any atom is -0.383 e. The zero-order valence-electron chi connectivity index (χ0n) is 16.7. The fourth-order valence-corrected chi connectivity index (χ4v) is 3.43. The molecule has 2 unspecified atom stereocenters. The third-order valence-corrected chi connectivity index (χ3v) is 4.82. The van der Waals surface area contributed by atoms with Crippen molar-refractivity contribution in [2.24, 2.45) is 4.99 Å². The molecule has 1 saturated heterocycles. The van der Waals surface area contributed by atoms with Crippen LogP contribution in [0.3, 0.4) is 0 Å². The molecule has 148 valence electrons. The molecule has 0 saturated carbocycles. The SMILES string of the molecule is CCc1nncn1CCNC(=NCC1CCCN1CC)NC(C)COC. The highest BCUT2D eigenvalue weighted by Gasteiger charge is 2.22. The summed E-state index contributed by atoms with van der Waals surface area (Å²) >= 11 is 0. The van der Waals surface area contributed by atoms with Crippen LogP contribution in [0.1, 0.15) is 39.4 Å². The number of aromatic nitrogens is 3. The summed E-state index contributed by atoms with van der Waals surface area (Å²) in [5.74, 6) is 1.86. The maximum absolute atomic E-state index is 5.24. The van der Waals surface area contributed by atoms with E-state index in [4.69, 9.17) is 9.73 Å². The lowest BCUT2D eigenvalue weighted by atomic mass is 10.2. The molecule has 2 rings (SSSR count). The number of likely N-dealkylation sites (tertiary alicyclic amines) is 1. The van der Waals surface area contributed by atoms with Crippen molar-refractivity contribution in [2.75, 3.05) is 39.9 Å². The minimum atomic E-state index is 0.207. The van der Waals surface area contributed by atoms with Crippen molar-refractivity contribution in [1.82, 2.24) is 30.3 Å². The third-order valence-electron chi connectivity index (χ3n) is 4.82. The van der Waals surface area contributed by atoms with Gasteiger partial charge in [-0.25, -0.2) is 0 Å². The lowest BCUT2D eigenvalue weighted by Crippen LogP contribution is -2.45. The standard InChI is InChI=1S/C18H35N7O/c1-5-17-23-21-14-25(17)11-9-19-18(22-15(3)13-26-4)20-12-16-8-7-10-24(16)6-2/h14-16H,5-13H2,1-4H3,(H2,19,20,22). The molecule has 0 spiro atoms. The van der Waals surface area contributed by atoms with Gasteiger partial charge in [-0.15, -0.1) is 10.2 Å². The highest BCUT2D eigenvalue weighted by atomic mass is 16.5. The predicted molar refractivity (Wildman–Crippen MR) is 104 cm³/mol. The van der Waals surface area contributed by atoms with E-state index in [1.807, 2.05) is 0 Å². The van der Waals surface area contributed by atoms with Gasteiger partial charge in [0.1, 0.15) is 12.2 Å². The molecule has 0 radical (unpaired) electrons. The second kappa shape index (κ2) is 11.1. The van der Waals surface area contributed by atoms with Crippen molar-refractivity contribution in [3.05, 3.63) is 12.2 Å². The number of hydrogen-bond acceptors (Lipinski definition) is 5. The van der Waals surface area contributed by atoms with E-state index in [0.29, 0.717) is 12.6 Å². The second-order valence-electron chi connectivity index (χ2n) is 6.84. The molecule has 1 fully saturated rings. The number of nitrogens with zero attached hydrogens (tertiary/aromatic N) is 5. The van der Waals surface area contributed by atoms with E-state index in [0.717, 1.165) is 44.4 Å². The molecule has 0 aromatic carbocycles. The van der Waals surface area contributed by atoms with E-state index in [1.165, 1.54) is 19.4 Å². The van der Waals surface area contributed by atoms with Gasteiger partial charge in [-0.05, 0) is 32.9 Å². The number of aliphatic imine (C=N–C) groups is 1. The number of guanidine groups is 1. The van der Waals surface area contributed by atoms with E-state index in [9.17, 15) is 0 Å². The molecule has 0 aliphatic carbocycles. The Morgan fingerprint density at radius 2 is 2.31 bits per heavy atom. The predicted octanol–water partition coefficient (Wildman–Crippen LogP) is 0.895. The number of aryl methyl sites for hydroxylation is 1. The molecular formula is C18H35N7O. The Morgan fingerprint density at radius 3 is 3.04 bits per heavy atom. The van der Waals surface area contributed by atoms with Gasteiger partial charge in [0.25, 0.3) is 0 Å². The molecular weight excluding hydrogens is 330 g/mol. The fourth-order valence-electron chi connectivity index (χ4n) is 3.43. The molecule has 1 aliphatic rings. The van der Waals surface area contributed by atoms with Crippen LogP contribution in [0.4, 0.5) is 0 Å². The van der Waals surface area contributed by atoms with Crippen LogP contribution in [0.5, 0.6) is 0 Å². The third kappa shape index (κ3) is 6.25. The summed E-state index contributed by atoms with van der Waals surface area (Å²) in [5, 5.41) is 15.0. The highest BCUT2D eigenvalue weighted by molar-refractivity contribution is 5.80. The van der Waals surface area contributed by atoms with Crippen LogP contribution >= 0.6 is 0 Å². The molecule has 2 heterocycles. The van der Waals surface area contributed by atoms with E-state index in [-0.39, 0.29) is 6.04 Å². The van der Waals surface area contributed by atoms with Crippen LogP contribution in [-0.4, -0.2) is 77.6 Å². The van der Waals surface area contributed by atoms with Gasteiger partial charge in [-0.1, -0.05) is 13.8 Å². The summed E-state index contributed by atoms with van der Waals surface area (Å²) < 4.78 is 7.32. The monoisotopic (exact) mass is 365 g/mol. The minimum absolute atomic E-state index is 0.207. The Balaban J connectivity index is 1.90. The first kappa shape index (κ1) is 20.6. The number of methoxy groups -OCH3 is 1. The van der Waals surface area contributed by atoms with Crippen LogP contribution in [0.25, 0.3) is 0 Å². The van der Waals surface area contributed by atoms with Gasteiger partial charge in [-0.2, -0.15) is 0 Å². The summed E-state index contributed by atoms with van der Waals surface area (Å²) in [5.41, 5.74) is 0. The summed E-state index contributed by atoms with van der Waals surface area (Å²) in [6, 6.07) is 0.763. The van der Waals surface area contributed by atoms with Crippen LogP contribution in [0.2, 0.25) is 0 Å². The van der Waals surface area contributed by atoms with E-state index < -0.39 is 0 Å². The van der Waals surface area contributed by atoms with E-state index >= 15 is 0 Å². The average molecular weight is 366 g/mol. The van der Waals surface area contributed by atoms with Crippen molar-refractivity contribution in [2.45, 2.75) is 58.7 Å². The van der Waals surface area contributed by atoms with Crippen molar-refractivity contribution in [3.63, 3.8) is 0 Å².